The number of aldehydes is 1. The molecule has 3 rings (SSSR count). The maximum absolute atomic E-state index is 12.3. The van der Waals surface area contributed by atoms with Crippen molar-refractivity contribution >= 4 is 17.9 Å². The number of carbonyl (C=O) groups is 2. The van der Waals surface area contributed by atoms with Crippen LogP contribution < -0.4 is 10.1 Å². The van der Waals surface area contributed by atoms with Gasteiger partial charge in [-0.3, -0.25) is 9.59 Å². The summed E-state index contributed by atoms with van der Waals surface area (Å²) in [5, 5.41) is 3.03. The lowest BCUT2D eigenvalue weighted by Gasteiger charge is -2.27. The van der Waals surface area contributed by atoms with E-state index in [2.05, 4.69) is 32.2 Å². The number of benzene rings is 2. The van der Waals surface area contributed by atoms with Gasteiger partial charge in [-0.05, 0) is 87.6 Å². The van der Waals surface area contributed by atoms with E-state index < -0.39 is 0 Å². The molecule has 2 aromatic carbocycles. The number of amides is 1. The molecule has 0 spiro atoms. The third-order valence-electron chi connectivity index (χ3n) is 6.60. The zero-order chi connectivity index (χ0) is 27.7. The molecule has 1 N–H and O–H groups in total. The van der Waals surface area contributed by atoms with E-state index in [9.17, 15) is 9.59 Å². The highest BCUT2D eigenvalue weighted by Gasteiger charge is 2.25. The lowest BCUT2D eigenvalue weighted by Crippen LogP contribution is -2.27. The summed E-state index contributed by atoms with van der Waals surface area (Å²) in [5.74, 6) is 1.96. The van der Waals surface area contributed by atoms with Gasteiger partial charge in [-0.1, -0.05) is 73.1 Å². The number of ether oxygens (including phenoxy) is 1. The molecule has 0 aromatic heterocycles. The molecule has 0 radical (unpaired) electrons. The SMILES string of the molecule is C.CC.CC.CCC1CCC(C(=O)Nc2ccc(C)c(OC)c2)CC1.CCc1c(C)cc(C)cc1C=O. The van der Waals surface area contributed by atoms with Crippen molar-refractivity contribution in [2.45, 2.75) is 108 Å². The molecule has 0 heterocycles. The van der Waals surface area contributed by atoms with Crippen LogP contribution in [0.1, 0.15) is 114 Å². The summed E-state index contributed by atoms with van der Waals surface area (Å²) in [6.45, 7) is 18.4. The van der Waals surface area contributed by atoms with Gasteiger partial charge >= 0.3 is 0 Å². The zero-order valence-electron chi connectivity index (χ0n) is 24.6. The molecule has 1 fully saturated rings. The molecule has 4 heteroatoms. The van der Waals surface area contributed by atoms with E-state index >= 15 is 0 Å². The van der Waals surface area contributed by atoms with Gasteiger partial charge in [0.15, 0.2) is 0 Å². The second-order valence-corrected chi connectivity index (χ2v) is 8.92. The average molecular weight is 514 g/mol. The molecule has 0 unspecified atom stereocenters. The fourth-order valence-corrected chi connectivity index (χ4v) is 4.59. The first-order valence-corrected chi connectivity index (χ1v) is 13.8. The minimum atomic E-state index is 0. The Morgan fingerprint density at radius 2 is 1.54 bits per heavy atom. The molecular formula is C33H55NO3. The summed E-state index contributed by atoms with van der Waals surface area (Å²) >= 11 is 0. The van der Waals surface area contributed by atoms with Crippen LogP contribution in [-0.2, 0) is 11.2 Å². The molecule has 1 saturated carbocycles. The van der Waals surface area contributed by atoms with Crippen molar-refractivity contribution < 1.29 is 14.3 Å². The Labute approximate surface area is 228 Å². The maximum Gasteiger partial charge on any atom is 0.227 e. The second-order valence-electron chi connectivity index (χ2n) is 8.92. The molecule has 1 aliphatic rings. The quantitative estimate of drug-likeness (QED) is 0.391. The highest BCUT2D eigenvalue weighted by atomic mass is 16.5. The van der Waals surface area contributed by atoms with Crippen LogP contribution in [0.25, 0.3) is 0 Å². The summed E-state index contributed by atoms with van der Waals surface area (Å²) in [5.41, 5.74) is 6.31. The van der Waals surface area contributed by atoms with Crippen molar-refractivity contribution in [3.05, 3.63) is 58.1 Å². The fraction of sp³-hybridized carbons (Fsp3) is 0.576. The third kappa shape index (κ3) is 12.0. The summed E-state index contributed by atoms with van der Waals surface area (Å²) in [6.07, 6.45) is 7.53. The first-order chi connectivity index (χ1) is 17.3. The van der Waals surface area contributed by atoms with E-state index in [0.717, 1.165) is 59.6 Å². The van der Waals surface area contributed by atoms with Gasteiger partial charge in [0.05, 0.1) is 7.11 Å². The Bertz CT molecular complexity index is 912. The molecule has 1 amide bonds. The predicted molar refractivity (Wildman–Crippen MR) is 162 cm³/mol. The first-order valence-electron chi connectivity index (χ1n) is 13.8. The van der Waals surface area contributed by atoms with E-state index in [4.69, 9.17) is 4.74 Å². The van der Waals surface area contributed by atoms with E-state index in [0.29, 0.717) is 0 Å². The summed E-state index contributed by atoms with van der Waals surface area (Å²) in [4.78, 5) is 23.0. The number of anilines is 1. The highest BCUT2D eigenvalue weighted by molar-refractivity contribution is 5.92. The van der Waals surface area contributed by atoms with Gasteiger partial charge in [-0.15, -0.1) is 0 Å². The minimum Gasteiger partial charge on any atom is -0.496 e. The van der Waals surface area contributed by atoms with E-state index in [-0.39, 0.29) is 19.3 Å². The van der Waals surface area contributed by atoms with Gasteiger partial charge in [-0.2, -0.15) is 0 Å². The van der Waals surface area contributed by atoms with Crippen LogP contribution in [0.3, 0.4) is 0 Å². The van der Waals surface area contributed by atoms with Gasteiger partial charge in [-0.25, -0.2) is 0 Å². The monoisotopic (exact) mass is 513 g/mol. The summed E-state index contributed by atoms with van der Waals surface area (Å²) in [6, 6.07) is 9.87. The van der Waals surface area contributed by atoms with Crippen LogP contribution >= 0.6 is 0 Å². The molecule has 2 aromatic rings. The van der Waals surface area contributed by atoms with Crippen molar-refractivity contribution in [3.8, 4) is 5.75 Å². The third-order valence-corrected chi connectivity index (χ3v) is 6.60. The van der Waals surface area contributed by atoms with Crippen molar-refractivity contribution in [2.24, 2.45) is 11.8 Å². The zero-order valence-corrected chi connectivity index (χ0v) is 24.6. The topological polar surface area (TPSA) is 55.4 Å². The summed E-state index contributed by atoms with van der Waals surface area (Å²) in [7, 11) is 1.65. The molecular weight excluding hydrogens is 458 g/mol. The Morgan fingerprint density at radius 1 is 0.946 bits per heavy atom. The van der Waals surface area contributed by atoms with Crippen molar-refractivity contribution in [1.82, 2.24) is 0 Å². The van der Waals surface area contributed by atoms with E-state index in [1.165, 1.54) is 30.4 Å². The fourth-order valence-electron chi connectivity index (χ4n) is 4.59. The second kappa shape index (κ2) is 20.4. The first kappa shape index (κ1) is 36.5. The van der Waals surface area contributed by atoms with Gasteiger partial charge in [0.25, 0.3) is 0 Å². The molecule has 0 saturated heterocycles. The van der Waals surface area contributed by atoms with Crippen LogP contribution in [0, 0.1) is 32.6 Å². The average Bonchev–Trinajstić information content (AvgIpc) is 2.92. The number of carbonyl (C=O) groups excluding carboxylic acids is 2. The van der Waals surface area contributed by atoms with Gasteiger partial charge in [0, 0.05) is 23.2 Å². The Kier molecular flexibility index (Phi) is 20.2. The number of hydrogen-bond donors (Lipinski definition) is 1. The molecule has 37 heavy (non-hydrogen) atoms. The van der Waals surface area contributed by atoms with Crippen LogP contribution in [0.2, 0.25) is 0 Å². The summed E-state index contributed by atoms with van der Waals surface area (Å²) < 4.78 is 5.29. The predicted octanol–water partition coefficient (Wildman–Crippen LogP) is 9.53. The normalized spacial score (nSPS) is 15.6. The molecule has 0 atom stereocenters. The Morgan fingerprint density at radius 3 is 2.03 bits per heavy atom. The maximum atomic E-state index is 12.3. The molecule has 0 aliphatic heterocycles. The lowest BCUT2D eigenvalue weighted by molar-refractivity contribution is -0.121. The number of hydrogen-bond acceptors (Lipinski definition) is 3. The van der Waals surface area contributed by atoms with Crippen LogP contribution in [0.5, 0.6) is 5.75 Å². The number of rotatable bonds is 6. The number of methoxy groups -OCH3 is 1. The smallest absolute Gasteiger partial charge is 0.227 e. The standard InChI is InChI=1S/C17H25NO2.C11H14O.2C2H6.CH4/c1-4-13-6-8-14(9-7-13)17(19)18-15-10-5-12(2)16(11-15)20-3;1-4-11-9(3)5-8(2)6-10(11)7-12;2*1-2;/h5,10-11,13-14H,4,6-9H2,1-3H3,(H,18,19);5-7H,4H2,1-3H3;2*1-2H3;1H4. The van der Waals surface area contributed by atoms with Crippen LogP contribution in [0.15, 0.2) is 30.3 Å². The van der Waals surface area contributed by atoms with Crippen molar-refractivity contribution in [1.29, 1.82) is 0 Å². The number of aryl methyl sites for hydroxylation is 3. The lowest BCUT2D eigenvalue weighted by atomic mass is 9.80. The largest absolute Gasteiger partial charge is 0.496 e. The van der Waals surface area contributed by atoms with Crippen molar-refractivity contribution in [3.63, 3.8) is 0 Å². The molecule has 210 valence electrons. The van der Waals surface area contributed by atoms with Gasteiger partial charge in [0.1, 0.15) is 12.0 Å². The molecule has 0 bridgehead atoms. The van der Waals surface area contributed by atoms with Crippen LogP contribution in [-0.4, -0.2) is 19.3 Å². The number of nitrogens with one attached hydrogen (secondary N) is 1. The van der Waals surface area contributed by atoms with Crippen molar-refractivity contribution in [2.75, 3.05) is 12.4 Å². The van der Waals surface area contributed by atoms with Gasteiger partial charge in [0.2, 0.25) is 5.91 Å². The Hall–Kier alpha value is -2.62. The van der Waals surface area contributed by atoms with E-state index in [1.807, 2.05) is 65.8 Å². The van der Waals surface area contributed by atoms with Gasteiger partial charge < -0.3 is 10.1 Å². The highest BCUT2D eigenvalue weighted by Crippen LogP contribution is 2.31. The minimum absolute atomic E-state index is 0. The van der Waals surface area contributed by atoms with Crippen LogP contribution in [0.4, 0.5) is 5.69 Å². The molecule has 1 aliphatic carbocycles. The molecule has 4 nitrogen and oxygen atoms in total. The Balaban J connectivity index is 0. The van der Waals surface area contributed by atoms with E-state index in [1.54, 1.807) is 7.11 Å².